The Hall–Kier alpha value is 0.394. The van der Waals surface area contributed by atoms with Crippen molar-refractivity contribution in [2.24, 2.45) is 0 Å². The van der Waals surface area contributed by atoms with Crippen molar-refractivity contribution in [1.29, 1.82) is 0 Å². The molecule has 0 aromatic heterocycles. The molecule has 0 rings (SSSR count). The molecule has 3 heteroatoms. The molecular weight excluding hydrogens is 204 g/mol. The topological polar surface area (TPSA) is 9.23 Å². The highest BCUT2D eigenvalue weighted by Gasteiger charge is 2.29. The monoisotopic (exact) mass is 232 g/mol. The quantitative estimate of drug-likeness (QED) is 0.619. The van der Waals surface area contributed by atoms with Crippen LogP contribution in [0.3, 0.4) is 0 Å². The van der Waals surface area contributed by atoms with Gasteiger partial charge in [-0.2, -0.15) is 0 Å². The molecule has 0 N–H and O–H groups in total. The Morgan fingerprint density at radius 3 is 2.00 bits per heavy atom. The highest BCUT2D eigenvalue weighted by atomic mass is 28.4. The third-order valence-corrected chi connectivity index (χ3v) is 11.4. The second-order valence-electron chi connectivity index (χ2n) is 5.75. The lowest BCUT2D eigenvalue weighted by Gasteiger charge is -2.31. The molecule has 0 saturated carbocycles. The first kappa shape index (κ1) is 14.4. The number of rotatable bonds is 6. The summed E-state index contributed by atoms with van der Waals surface area (Å²) < 4.78 is 5.59. The zero-order chi connectivity index (χ0) is 11.4. The molecule has 14 heavy (non-hydrogen) atoms. The first-order valence-electron chi connectivity index (χ1n) is 5.80. The van der Waals surface area contributed by atoms with Crippen molar-refractivity contribution < 1.29 is 4.43 Å². The summed E-state index contributed by atoms with van der Waals surface area (Å²) in [4.78, 5) is 0. The standard InChI is InChI=1S/C11H28OSi2/c1-8-13(4,5)11(2)9-10-14(6,7)12-3/h11H,8-10H2,1-7H3. The fraction of sp³-hybridized carbons (Fsp3) is 1.00. The van der Waals surface area contributed by atoms with Crippen molar-refractivity contribution in [1.82, 2.24) is 0 Å². The van der Waals surface area contributed by atoms with Gasteiger partial charge >= 0.3 is 0 Å². The molecule has 0 bridgehead atoms. The molecule has 0 aromatic rings. The second kappa shape index (κ2) is 5.47. The third kappa shape index (κ3) is 4.76. The van der Waals surface area contributed by atoms with Gasteiger partial charge < -0.3 is 4.43 Å². The van der Waals surface area contributed by atoms with Gasteiger partial charge in [-0.05, 0) is 24.7 Å². The number of hydrogen-bond donors (Lipinski definition) is 0. The van der Waals surface area contributed by atoms with Crippen LogP contribution in [0.4, 0.5) is 0 Å². The first-order chi connectivity index (χ1) is 6.25. The van der Waals surface area contributed by atoms with Crippen LogP contribution in [-0.4, -0.2) is 23.5 Å². The van der Waals surface area contributed by atoms with Gasteiger partial charge in [0.2, 0.25) is 0 Å². The van der Waals surface area contributed by atoms with E-state index in [1.165, 1.54) is 18.5 Å². The van der Waals surface area contributed by atoms with Crippen LogP contribution in [0.5, 0.6) is 0 Å². The molecule has 0 saturated heterocycles. The lowest BCUT2D eigenvalue weighted by atomic mass is 10.4. The smallest absolute Gasteiger partial charge is 0.186 e. The molecule has 1 unspecified atom stereocenters. The molecule has 0 amide bonds. The molecule has 0 aliphatic rings. The summed E-state index contributed by atoms with van der Waals surface area (Å²) in [5.41, 5.74) is 0.939. The SMILES string of the molecule is CC[Si](C)(C)C(C)CC[Si](C)(C)OC. The summed E-state index contributed by atoms with van der Waals surface area (Å²) in [6.45, 7) is 14.5. The molecule has 0 aromatic carbocycles. The van der Waals surface area contributed by atoms with E-state index < -0.39 is 16.4 Å². The zero-order valence-electron chi connectivity index (χ0n) is 11.1. The van der Waals surface area contributed by atoms with Crippen LogP contribution >= 0.6 is 0 Å². The molecule has 0 spiro atoms. The Labute approximate surface area is 92.4 Å². The van der Waals surface area contributed by atoms with E-state index in [-0.39, 0.29) is 0 Å². The van der Waals surface area contributed by atoms with Crippen molar-refractivity contribution in [3.05, 3.63) is 0 Å². The summed E-state index contributed by atoms with van der Waals surface area (Å²) in [6.07, 6.45) is 1.38. The molecule has 0 heterocycles. The lowest BCUT2D eigenvalue weighted by Crippen LogP contribution is -2.33. The fourth-order valence-electron chi connectivity index (χ4n) is 1.41. The third-order valence-electron chi connectivity index (χ3n) is 3.98. The van der Waals surface area contributed by atoms with Crippen LogP contribution < -0.4 is 0 Å². The average Bonchev–Trinajstić information content (AvgIpc) is 2.14. The second-order valence-corrected chi connectivity index (χ2v) is 15.8. The highest BCUT2D eigenvalue weighted by molar-refractivity contribution is 6.79. The lowest BCUT2D eigenvalue weighted by molar-refractivity contribution is 0.401. The minimum Gasteiger partial charge on any atom is -0.420 e. The molecule has 0 radical (unpaired) electrons. The molecule has 0 aliphatic heterocycles. The van der Waals surface area contributed by atoms with Crippen molar-refractivity contribution >= 4 is 16.4 Å². The highest BCUT2D eigenvalue weighted by Crippen LogP contribution is 2.31. The van der Waals surface area contributed by atoms with Crippen molar-refractivity contribution in [3.63, 3.8) is 0 Å². The van der Waals surface area contributed by atoms with Crippen LogP contribution in [0.15, 0.2) is 0 Å². The predicted molar refractivity (Wildman–Crippen MR) is 71.3 cm³/mol. The van der Waals surface area contributed by atoms with Gasteiger partial charge in [-0.15, -0.1) is 0 Å². The fourth-order valence-corrected chi connectivity index (χ4v) is 4.65. The van der Waals surface area contributed by atoms with Crippen LogP contribution in [0, 0.1) is 0 Å². The van der Waals surface area contributed by atoms with E-state index in [4.69, 9.17) is 4.43 Å². The van der Waals surface area contributed by atoms with Crippen molar-refractivity contribution in [3.8, 4) is 0 Å². The van der Waals surface area contributed by atoms with E-state index in [1.54, 1.807) is 0 Å². The Bertz CT molecular complexity index is 167. The van der Waals surface area contributed by atoms with Crippen molar-refractivity contribution in [2.75, 3.05) is 7.11 Å². The summed E-state index contributed by atoms with van der Waals surface area (Å²) in [6, 6.07) is 2.73. The van der Waals surface area contributed by atoms with Gasteiger partial charge in [0.25, 0.3) is 0 Å². The van der Waals surface area contributed by atoms with E-state index in [2.05, 4.69) is 40.0 Å². The largest absolute Gasteiger partial charge is 0.420 e. The van der Waals surface area contributed by atoms with E-state index in [9.17, 15) is 0 Å². The van der Waals surface area contributed by atoms with Gasteiger partial charge in [0.05, 0.1) is 0 Å². The van der Waals surface area contributed by atoms with Gasteiger partial charge in [-0.3, -0.25) is 0 Å². The molecule has 1 nitrogen and oxygen atoms in total. The Morgan fingerprint density at radius 2 is 1.64 bits per heavy atom. The minimum absolute atomic E-state index is 0.927. The molecule has 86 valence electrons. The Balaban J connectivity index is 4.02. The van der Waals surface area contributed by atoms with E-state index in [0.29, 0.717) is 0 Å². The maximum absolute atomic E-state index is 5.59. The predicted octanol–water partition coefficient (Wildman–Crippen LogP) is 4.35. The van der Waals surface area contributed by atoms with Gasteiger partial charge in [0, 0.05) is 15.2 Å². The van der Waals surface area contributed by atoms with E-state index >= 15 is 0 Å². The normalized spacial score (nSPS) is 15.6. The van der Waals surface area contributed by atoms with Crippen LogP contribution in [0.25, 0.3) is 0 Å². The molecule has 0 aliphatic carbocycles. The van der Waals surface area contributed by atoms with Gasteiger partial charge in [-0.25, -0.2) is 0 Å². The summed E-state index contributed by atoms with van der Waals surface area (Å²) in [5, 5.41) is 0. The Kier molecular flexibility index (Phi) is 5.62. The minimum atomic E-state index is -1.31. The molecule has 1 atom stereocenters. The van der Waals surface area contributed by atoms with Gasteiger partial charge in [-0.1, -0.05) is 39.4 Å². The molecule has 0 fully saturated rings. The Morgan fingerprint density at radius 1 is 1.14 bits per heavy atom. The van der Waals surface area contributed by atoms with Crippen molar-refractivity contribution in [2.45, 2.75) is 64.1 Å². The van der Waals surface area contributed by atoms with E-state index in [0.717, 1.165) is 5.54 Å². The average molecular weight is 233 g/mol. The number of hydrogen-bond acceptors (Lipinski definition) is 1. The van der Waals surface area contributed by atoms with E-state index in [1.807, 2.05) is 7.11 Å². The summed E-state index contributed by atoms with van der Waals surface area (Å²) in [7, 11) is -0.362. The van der Waals surface area contributed by atoms with Crippen LogP contribution in [-0.2, 0) is 4.43 Å². The van der Waals surface area contributed by atoms with Gasteiger partial charge in [0.15, 0.2) is 8.32 Å². The maximum Gasteiger partial charge on any atom is 0.186 e. The maximum atomic E-state index is 5.59. The summed E-state index contributed by atoms with van der Waals surface area (Å²) >= 11 is 0. The zero-order valence-corrected chi connectivity index (χ0v) is 13.1. The van der Waals surface area contributed by atoms with Crippen LogP contribution in [0.2, 0.25) is 43.8 Å². The first-order valence-corrected chi connectivity index (χ1v) is 12.2. The molecular formula is C11H28OSi2. The van der Waals surface area contributed by atoms with Gasteiger partial charge in [0.1, 0.15) is 0 Å². The summed E-state index contributed by atoms with van der Waals surface area (Å²) in [5.74, 6) is 0. The van der Waals surface area contributed by atoms with Crippen LogP contribution in [0.1, 0.15) is 20.3 Å².